The fraction of sp³-hybridized carbons (Fsp3) is 0.259. The standard InChI is InChI=1S/C27H28N6O3/c1-27(2,3)22-14-23(33-36-22)31-26(34)30-19-9-7-18(8-10-19)29-25-28-15-17-6-5-16-13-20(35-4)11-12-21(16)24(17)32-25/h7-15H,5-6H2,1-4H3,(H,28,29,32)(H2,30,31,33,34). The van der Waals surface area contributed by atoms with Crippen LogP contribution in [0, 0.1) is 0 Å². The largest absolute Gasteiger partial charge is 0.497 e. The predicted octanol–water partition coefficient (Wildman–Crippen LogP) is 5.92. The van der Waals surface area contributed by atoms with Crippen LogP contribution in [0.5, 0.6) is 5.75 Å². The van der Waals surface area contributed by atoms with Crippen LogP contribution in [-0.4, -0.2) is 28.3 Å². The van der Waals surface area contributed by atoms with Crippen molar-refractivity contribution < 1.29 is 14.1 Å². The predicted molar refractivity (Wildman–Crippen MR) is 139 cm³/mol. The summed E-state index contributed by atoms with van der Waals surface area (Å²) in [5.41, 5.74) is 5.64. The van der Waals surface area contributed by atoms with Crippen molar-refractivity contribution in [2.45, 2.75) is 39.0 Å². The number of amides is 2. The summed E-state index contributed by atoms with van der Waals surface area (Å²) >= 11 is 0. The summed E-state index contributed by atoms with van der Waals surface area (Å²) in [5.74, 6) is 2.42. The Bertz CT molecular complexity index is 1410. The maximum absolute atomic E-state index is 12.3. The van der Waals surface area contributed by atoms with E-state index in [1.807, 2.05) is 45.2 Å². The van der Waals surface area contributed by atoms with Gasteiger partial charge >= 0.3 is 6.03 Å². The number of ether oxygens (including phenoxy) is 1. The van der Waals surface area contributed by atoms with E-state index in [2.05, 4.69) is 38.2 Å². The van der Waals surface area contributed by atoms with Crippen LogP contribution in [0.2, 0.25) is 0 Å². The lowest BCUT2D eigenvalue weighted by Crippen LogP contribution is -2.19. The summed E-state index contributed by atoms with van der Waals surface area (Å²) in [6, 6.07) is 14.7. The van der Waals surface area contributed by atoms with E-state index < -0.39 is 6.03 Å². The summed E-state index contributed by atoms with van der Waals surface area (Å²) in [5, 5.41) is 12.6. The van der Waals surface area contributed by atoms with Gasteiger partial charge in [0.15, 0.2) is 5.82 Å². The third kappa shape index (κ3) is 5.00. The van der Waals surface area contributed by atoms with Crippen LogP contribution in [-0.2, 0) is 18.3 Å². The normalized spacial score (nSPS) is 12.3. The van der Waals surface area contributed by atoms with Crippen LogP contribution in [0.3, 0.4) is 0 Å². The van der Waals surface area contributed by atoms with Gasteiger partial charge in [-0.1, -0.05) is 25.9 Å². The van der Waals surface area contributed by atoms with Gasteiger partial charge < -0.3 is 19.9 Å². The molecule has 0 bridgehead atoms. The van der Waals surface area contributed by atoms with Gasteiger partial charge in [0, 0.05) is 34.6 Å². The lowest BCUT2D eigenvalue weighted by atomic mass is 9.90. The molecule has 0 aliphatic heterocycles. The summed E-state index contributed by atoms with van der Waals surface area (Å²) in [6.45, 7) is 6.04. The number of carbonyl (C=O) groups is 1. The lowest BCUT2D eigenvalue weighted by Gasteiger charge is -2.20. The average Bonchev–Trinajstić information content (AvgIpc) is 3.34. The Labute approximate surface area is 209 Å². The first-order valence-electron chi connectivity index (χ1n) is 11.7. The highest BCUT2D eigenvalue weighted by molar-refractivity contribution is 5.99. The van der Waals surface area contributed by atoms with E-state index in [-0.39, 0.29) is 5.41 Å². The zero-order valence-corrected chi connectivity index (χ0v) is 20.7. The number of fused-ring (bicyclic) bond motifs is 3. The van der Waals surface area contributed by atoms with Gasteiger partial charge in [0.2, 0.25) is 5.95 Å². The van der Waals surface area contributed by atoms with Gasteiger partial charge in [0.05, 0.1) is 12.8 Å². The summed E-state index contributed by atoms with van der Waals surface area (Å²) < 4.78 is 10.7. The van der Waals surface area contributed by atoms with E-state index in [1.165, 1.54) is 5.56 Å². The van der Waals surface area contributed by atoms with Crippen LogP contribution < -0.4 is 20.7 Å². The van der Waals surface area contributed by atoms with Gasteiger partial charge in [-0.2, -0.15) is 0 Å². The molecule has 0 unspecified atom stereocenters. The van der Waals surface area contributed by atoms with Crippen LogP contribution >= 0.6 is 0 Å². The molecule has 0 spiro atoms. The molecule has 0 fully saturated rings. The molecule has 1 aliphatic carbocycles. The SMILES string of the molecule is COc1ccc2c(c1)CCc1cnc(Nc3ccc(NC(=O)Nc4cc(C(C)(C)C)on4)cc3)nc1-2. The number of anilines is 4. The van der Waals surface area contributed by atoms with Crippen molar-refractivity contribution in [1.29, 1.82) is 0 Å². The van der Waals surface area contributed by atoms with Crippen LogP contribution in [0.4, 0.5) is 27.9 Å². The number of rotatable bonds is 5. The van der Waals surface area contributed by atoms with E-state index in [9.17, 15) is 4.79 Å². The minimum absolute atomic E-state index is 0.190. The minimum Gasteiger partial charge on any atom is -0.497 e. The van der Waals surface area contributed by atoms with Crippen molar-refractivity contribution in [3.63, 3.8) is 0 Å². The molecule has 9 nitrogen and oxygen atoms in total. The van der Waals surface area contributed by atoms with E-state index in [1.54, 1.807) is 25.3 Å². The van der Waals surface area contributed by atoms with Crippen molar-refractivity contribution in [3.05, 3.63) is 71.6 Å². The monoisotopic (exact) mass is 484 g/mol. The Hall–Kier alpha value is -4.40. The number of urea groups is 1. The molecule has 2 amide bonds. The Morgan fingerprint density at radius 1 is 0.972 bits per heavy atom. The summed E-state index contributed by atoms with van der Waals surface area (Å²) in [6.07, 6.45) is 3.71. The van der Waals surface area contributed by atoms with E-state index in [4.69, 9.17) is 14.2 Å². The first-order valence-corrected chi connectivity index (χ1v) is 11.7. The van der Waals surface area contributed by atoms with Gasteiger partial charge in [0.25, 0.3) is 0 Å². The Balaban J connectivity index is 1.24. The van der Waals surface area contributed by atoms with Crippen molar-refractivity contribution in [3.8, 4) is 17.0 Å². The fourth-order valence-electron chi connectivity index (χ4n) is 4.02. The van der Waals surface area contributed by atoms with Gasteiger partial charge in [-0.15, -0.1) is 0 Å². The van der Waals surface area contributed by atoms with Gasteiger partial charge in [-0.05, 0) is 66.4 Å². The zero-order chi connectivity index (χ0) is 25.3. The highest BCUT2D eigenvalue weighted by Gasteiger charge is 2.21. The topological polar surface area (TPSA) is 114 Å². The number of hydrogen-bond donors (Lipinski definition) is 3. The number of aromatic nitrogens is 3. The number of hydrogen-bond acceptors (Lipinski definition) is 7. The molecule has 4 aromatic rings. The molecule has 36 heavy (non-hydrogen) atoms. The Morgan fingerprint density at radius 3 is 2.44 bits per heavy atom. The molecule has 0 saturated carbocycles. The van der Waals surface area contributed by atoms with E-state index in [0.717, 1.165) is 41.1 Å². The van der Waals surface area contributed by atoms with E-state index in [0.29, 0.717) is 23.2 Å². The number of nitrogens with one attached hydrogen (secondary N) is 3. The molecule has 9 heteroatoms. The minimum atomic E-state index is -0.405. The maximum Gasteiger partial charge on any atom is 0.324 e. The molecule has 1 aliphatic rings. The maximum atomic E-state index is 12.3. The van der Waals surface area contributed by atoms with Gasteiger partial charge in [-0.3, -0.25) is 5.32 Å². The number of nitrogens with zero attached hydrogens (tertiary/aromatic N) is 3. The molecule has 0 saturated heterocycles. The molecule has 0 atom stereocenters. The number of aryl methyl sites for hydroxylation is 2. The molecule has 0 radical (unpaired) electrons. The summed E-state index contributed by atoms with van der Waals surface area (Å²) in [7, 11) is 1.68. The molecule has 184 valence electrons. The molecule has 5 rings (SSSR count). The lowest BCUT2D eigenvalue weighted by molar-refractivity contribution is 0.262. The first-order chi connectivity index (χ1) is 17.3. The second-order valence-electron chi connectivity index (χ2n) is 9.70. The third-order valence-electron chi connectivity index (χ3n) is 5.99. The molecule has 2 aromatic carbocycles. The van der Waals surface area contributed by atoms with E-state index >= 15 is 0 Å². The van der Waals surface area contributed by atoms with Crippen molar-refractivity contribution in [2.75, 3.05) is 23.1 Å². The van der Waals surface area contributed by atoms with Crippen molar-refractivity contribution in [2.24, 2.45) is 0 Å². The average molecular weight is 485 g/mol. The van der Waals surface area contributed by atoms with Gasteiger partial charge in [0.1, 0.15) is 11.5 Å². The first kappa shape index (κ1) is 23.3. The fourth-order valence-corrected chi connectivity index (χ4v) is 4.02. The highest BCUT2D eigenvalue weighted by Crippen LogP contribution is 2.34. The van der Waals surface area contributed by atoms with Crippen molar-refractivity contribution in [1.82, 2.24) is 15.1 Å². The molecule has 2 aromatic heterocycles. The zero-order valence-electron chi connectivity index (χ0n) is 20.7. The Morgan fingerprint density at radius 2 is 1.72 bits per heavy atom. The second-order valence-corrected chi connectivity index (χ2v) is 9.70. The van der Waals surface area contributed by atoms with Crippen LogP contribution in [0.25, 0.3) is 11.3 Å². The smallest absolute Gasteiger partial charge is 0.324 e. The van der Waals surface area contributed by atoms with Crippen LogP contribution in [0.1, 0.15) is 37.7 Å². The number of carbonyl (C=O) groups excluding carboxylic acids is 1. The third-order valence-corrected chi connectivity index (χ3v) is 5.99. The molecular weight excluding hydrogens is 456 g/mol. The quantitative estimate of drug-likeness (QED) is 0.322. The second kappa shape index (κ2) is 9.33. The number of methoxy groups -OCH3 is 1. The van der Waals surface area contributed by atoms with Crippen LogP contribution in [0.15, 0.2) is 59.3 Å². The molecular formula is C27H28N6O3. The Kier molecular flexibility index (Phi) is 6.05. The molecule has 3 N–H and O–H groups in total. The van der Waals surface area contributed by atoms with Gasteiger partial charge in [-0.25, -0.2) is 14.8 Å². The number of benzene rings is 2. The highest BCUT2D eigenvalue weighted by atomic mass is 16.5. The van der Waals surface area contributed by atoms with Crippen molar-refractivity contribution >= 4 is 29.2 Å². The molecule has 2 heterocycles. The summed E-state index contributed by atoms with van der Waals surface area (Å²) in [4.78, 5) is 21.6.